The highest BCUT2D eigenvalue weighted by atomic mass is 19.4. The number of allylic oxidation sites excluding steroid dienone is 1. The molecule has 0 aromatic carbocycles. The zero-order chi connectivity index (χ0) is 19.8. The molecule has 1 saturated carbocycles. The monoisotopic (exact) mass is 379 g/mol. The van der Waals surface area contributed by atoms with Crippen molar-refractivity contribution in [3.63, 3.8) is 0 Å². The van der Waals surface area contributed by atoms with Crippen molar-refractivity contribution in [2.75, 3.05) is 14.1 Å². The molecule has 2 aromatic rings. The van der Waals surface area contributed by atoms with Crippen LogP contribution in [0.25, 0.3) is 5.82 Å². The van der Waals surface area contributed by atoms with E-state index < -0.39 is 29.0 Å². The number of carbonyl (C=O) groups is 2. The minimum Gasteiger partial charge on any atom is -0.383 e. The summed E-state index contributed by atoms with van der Waals surface area (Å²) in [6.07, 6.45) is -0.0148. The third kappa shape index (κ3) is 4.04. The molecule has 1 fully saturated rings. The summed E-state index contributed by atoms with van der Waals surface area (Å²) >= 11 is 0. The van der Waals surface area contributed by atoms with Crippen LogP contribution in [0.1, 0.15) is 28.9 Å². The quantitative estimate of drug-likeness (QED) is 0.332. The number of carbonyl (C=O) groups excluding carboxylic acids is 2. The summed E-state index contributed by atoms with van der Waals surface area (Å²) < 4.78 is 41.7. The highest BCUT2D eigenvalue weighted by molar-refractivity contribution is 6.27. The van der Waals surface area contributed by atoms with Crippen LogP contribution in [0.2, 0.25) is 0 Å². The van der Waals surface area contributed by atoms with Crippen LogP contribution in [-0.4, -0.2) is 50.3 Å². The molecular weight excluding hydrogens is 363 g/mol. The van der Waals surface area contributed by atoms with Crippen molar-refractivity contribution in [2.45, 2.75) is 19.0 Å². The minimum absolute atomic E-state index is 0.136. The van der Waals surface area contributed by atoms with E-state index in [1.165, 1.54) is 23.5 Å². The number of alkyl halides is 3. The summed E-state index contributed by atoms with van der Waals surface area (Å²) in [4.78, 5) is 33.9. The van der Waals surface area contributed by atoms with Crippen molar-refractivity contribution in [1.82, 2.24) is 24.6 Å². The largest absolute Gasteiger partial charge is 0.434 e. The first-order valence-corrected chi connectivity index (χ1v) is 8.09. The summed E-state index contributed by atoms with van der Waals surface area (Å²) in [5, 5.41) is 3.74. The van der Waals surface area contributed by atoms with Crippen molar-refractivity contribution >= 4 is 11.6 Å². The van der Waals surface area contributed by atoms with Gasteiger partial charge in [0.2, 0.25) is 0 Å². The highest BCUT2D eigenvalue weighted by Crippen LogP contribution is 2.36. The van der Waals surface area contributed by atoms with E-state index in [2.05, 4.69) is 15.1 Å². The first-order chi connectivity index (χ1) is 12.7. The van der Waals surface area contributed by atoms with Gasteiger partial charge in [0.1, 0.15) is 12.7 Å². The SMILES string of the molecule is CN(C)/C=C(\C(=O)c1ccc(-n2cncn2)nc1C(F)(F)F)C(=O)C1CC1. The molecule has 1 aliphatic carbocycles. The number of aromatic nitrogens is 4. The standard InChI is InChI=1S/C17H16F3N5O2/c1-24(2)7-12(14(26)10-3-4-10)15(27)11-5-6-13(25-9-21-8-22-25)23-16(11)17(18,19)20/h5-10H,3-4H2,1-2H3/b12-7-. The fourth-order valence-electron chi connectivity index (χ4n) is 2.51. The number of nitrogens with zero attached hydrogens (tertiary/aromatic N) is 5. The number of hydrogen-bond donors (Lipinski definition) is 0. The number of pyridine rings is 1. The van der Waals surface area contributed by atoms with Crippen molar-refractivity contribution in [2.24, 2.45) is 5.92 Å². The van der Waals surface area contributed by atoms with Crippen LogP contribution in [0, 0.1) is 5.92 Å². The van der Waals surface area contributed by atoms with Crippen LogP contribution in [0.15, 0.2) is 36.6 Å². The maximum absolute atomic E-state index is 13.6. The molecule has 2 heterocycles. The Morgan fingerprint density at radius 1 is 1.26 bits per heavy atom. The van der Waals surface area contributed by atoms with E-state index in [-0.39, 0.29) is 17.3 Å². The molecule has 10 heteroatoms. The van der Waals surface area contributed by atoms with Gasteiger partial charge in [-0.1, -0.05) is 0 Å². The number of Topliss-reactive ketones (excluding diaryl/α,β-unsaturated/α-hetero) is 2. The molecule has 1 aliphatic rings. The zero-order valence-corrected chi connectivity index (χ0v) is 14.6. The van der Waals surface area contributed by atoms with Gasteiger partial charge in [0.25, 0.3) is 0 Å². The summed E-state index contributed by atoms with van der Waals surface area (Å²) in [7, 11) is 3.17. The van der Waals surface area contributed by atoms with Crippen molar-refractivity contribution < 1.29 is 22.8 Å². The van der Waals surface area contributed by atoms with E-state index in [4.69, 9.17) is 0 Å². The summed E-state index contributed by atoms with van der Waals surface area (Å²) in [6.45, 7) is 0. The van der Waals surface area contributed by atoms with E-state index in [1.807, 2.05) is 0 Å². The maximum Gasteiger partial charge on any atom is 0.434 e. The Labute approximate surface area is 152 Å². The fourth-order valence-corrected chi connectivity index (χ4v) is 2.51. The molecular formula is C17H16F3N5O2. The van der Waals surface area contributed by atoms with Gasteiger partial charge in [0.05, 0.1) is 11.1 Å². The molecule has 0 atom stereocenters. The second kappa shape index (κ2) is 6.93. The molecule has 0 aliphatic heterocycles. The second-order valence-corrected chi connectivity index (χ2v) is 6.38. The fraction of sp³-hybridized carbons (Fsp3) is 0.353. The predicted molar refractivity (Wildman–Crippen MR) is 88.0 cm³/mol. The summed E-state index contributed by atoms with van der Waals surface area (Å²) in [6, 6.07) is 2.24. The first-order valence-electron chi connectivity index (χ1n) is 8.09. The second-order valence-electron chi connectivity index (χ2n) is 6.38. The normalized spacial score (nSPS) is 14.9. The van der Waals surface area contributed by atoms with Gasteiger partial charge in [-0.25, -0.2) is 14.6 Å². The Kier molecular flexibility index (Phi) is 4.81. The molecule has 0 unspecified atom stereocenters. The Bertz CT molecular complexity index is 900. The van der Waals surface area contributed by atoms with Gasteiger partial charge in [-0.3, -0.25) is 9.59 Å². The molecule has 0 amide bonds. The average molecular weight is 379 g/mol. The van der Waals surface area contributed by atoms with Gasteiger partial charge in [-0.2, -0.15) is 18.3 Å². The third-order valence-corrected chi connectivity index (χ3v) is 3.89. The topological polar surface area (TPSA) is 81.0 Å². The smallest absolute Gasteiger partial charge is 0.383 e. The maximum atomic E-state index is 13.6. The lowest BCUT2D eigenvalue weighted by Crippen LogP contribution is -2.23. The van der Waals surface area contributed by atoms with E-state index in [0.717, 1.165) is 17.1 Å². The van der Waals surface area contributed by atoms with Crippen molar-refractivity contribution in [1.29, 1.82) is 0 Å². The van der Waals surface area contributed by atoms with Gasteiger partial charge >= 0.3 is 6.18 Å². The predicted octanol–water partition coefficient (Wildman–Crippen LogP) is 2.29. The Balaban J connectivity index is 2.08. The molecule has 7 nitrogen and oxygen atoms in total. The molecule has 142 valence electrons. The summed E-state index contributed by atoms with van der Waals surface area (Å²) in [5.74, 6) is -1.88. The number of rotatable bonds is 6. The molecule has 2 aromatic heterocycles. The molecule has 0 saturated heterocycles. The molecule has 3 rings (SSSR count). The number of halogens is 3. The van der Waals surface area contributed by atoms with E-state index in [1.54, 1.807) is 14.1 Å². The van der Waals surface area contributed by atoms with Crippen molar-refractivity contribution in [3.8, 4) is 5.82 Å². The molecule has 0 radical (unpaired) electrons. The van der Waals surface area contributed by atoms with Crippen LogP contribution in [0.4, 0.5) is 13.2 Å². The average Bonchev–Trinajstić information content (AvgIpc) is 3.31. The van der Waals surface area contributed by atoms with Gasteiger partial charge in [-0.15, -0.1) is 0 Å². The van der Waals surface area contributed by atoms with Gasteiger partial charge in [0, 0.05) is 26.2 Å². The molecule has 0 N–H and O–H groups in total. The lowest BCUT2D eigenvalue weighted by molar-refractivity contribution is -0.141. The third-order valence-electron chi connectivity index (χ3n) is 3.89. The lowest BCUT2D eigenvalue weighted by Gasteiger charge is -2.15. The molecule has 0 spiro atoms. The minimum atomic E-state index is -4.88. The summed E-state index contributed by atoms with van der Waals surface area (Å²) in [5.41, 5.74) is -2.31. The van der Waals surface area contributed by atoms with Crippen LogP contribution in [-0.2, 0) is 11.0 Å². The lowest BCUT2D eigenvalue weighted by atomic mass is 9.96. The molecule has 0 bridgehead atoms. The van der Waals surface area contributed by atoms with Gasteiger partial charge in [0.15, 0.2) is 23.1 Å². The Hall–Kier alpha value is -3.04. The molecule has 27 heavy (non-hydrogen) atoms. The van der Waals surface area contributed by atoms with Crippen LogP contribution in [0.3, 0.4) is 0 Å². The van der Waals surface area contributed by atoms with Crippen LogP contribution < -0.4 is 0 Å². The number of hydrogen-bond acceptors (Lipinski definition) is 6. The van der Waals surface area contributed by atoms with Gasteiger partial charge < -0.3 is 4.90 Å². The Morgan fingerprint density at radius 2 is 1.96 bits per heavy atom. The van der Waals surface area contributed by atoms with Crippen LogP contribution in [0.5, 0.6) is 0 Å². The van der Waals surface area contributed by atoms with Crippen molar-refractivity contribution in [3.05, 3.63) is 47.8 Å². The van der Waals surface area contributed by atoms with E-state index in [9.17, 15) is 22.8 Å². The zero-order valence-electron chi connectivity index (χ0n) is 14.6. The highest BCUT2D eigenvalue weighted by Gasteiger charge is 2.41. The Morgan fingerprint density at radius 3 is 2.48 bits per heavy atom. The first kappa shape index (κ1) is 18.7. The van der Waals surface area contributed by atoms with E-state index >= 15 is 0 Å². The number of ketones is 2. The van der Waals surface area contributed by atoms with E-state index in [0.29, 0.717) is 12.8 Å². The van der Waals surface area contributed by atoms with Crippen LogP contribution >= 0.6 is 0 Å². The van der Waals surface area contributed by atoms with Gasteiger partial charge in [-0.05, 0) is 25.0 Å².